The van der Waals surface area contributed by atoms with E-state index in [0.29, 0.717) is 5.25 Å². The van der Waals surface area contributed by atoms with Gasteiger partial charge >= 0.3 is 0 Å². The average Bonchev–Trinajstić information content (AvgIpc) is 2.14. The fourth-order valence-corrected chi connectivity index (χ4v) is 1.90. The Hall–Kier alpha value is -0.610. The normalized spacial score (nSPS) is 13.2. The Morgan fingerprint density at radius 2 is 2.07 bits per heavy atom. The zero-order valence-corrected chi connectivity index (χ0v) is 10.6. The van der Waals surface area contributed by atoms with Crippen molar-refractivity contribution in [2.24, 2.45) is 5.73 Å². The van der Waals surface area contributed by atoms with E-state index in [-0.39, 0.29) is 6.04 Å². The summed E-state index contributed by atoms with van der Waals surface area (Å²) in [6.45, 7) is 8.29. The Bertz CT molecular complexity index is 324. The van der Waals surface area contributed by atoms with Crippen molar-refractivity contribution in [3.63, 3.8) is 0 Å². The van der Waals surface area contributed by atoms with Crippen molar-refractivity contribution in [1.82, 2.24) is 9.97 Å². The Morgan fingerprint density at radius 1 is 1.40 bits per heavy atom. The number of hydrogen-bond donors (Lipinski definition) is 1. The summed E-state index contributed by atoms with van der Waals surface area (Å²) in [7, 11) is 0. The molecular formula is C11H19N3S. The first-order chi connectivity index (χ1) is 7.00. The minimum atomic E-state index is 0.0109. The van der Waals surface area contributed by atoms with Gasteiger partial charge in [-0.3, -0.25) is 0 Å². The minimum absolute atomic E-state index is 0.0109. The molecule has 0 aliphatic rings. The van der Waals surface area contributed by atoms with Crippen LogP contribution in [0.4, 0.5) is 0 Å². The van der Waals surface area contributed by atoms with Crippen molar-refractivity contribution in [2.45, 2.75) is 44.7 Å². The van der Waals surface area contributed by atoms with Gasteiger partial charge in [-0.05, 0) is 19.1 Å². The van der Waals surface area contributed by atoms with Gasteiger partial charge in [0, 0.05) is 23.5 Å². The SMILES string of the molecule is Cc1nc(CSC(C)C)ncc1[C@H](C)N. The number of aromatic nitrogens is 2. The molecule has 1 rings (SSSR count). The molecule has 15 heavy (non-hydrogen) atoms. The number of hydrogen-bond acceptors (Lipinski definition) is 4. The molecule has 0 aromatic carbocycles. The van der Waals surface area contributed by atoms with Gasteiger partial charge in [0.2, 0.25) is 0 Å². The molecule has 2 N–H and O–H groups in total. The molecule has 0 saturated carbocycles. The van der Waals surface area contributed by atoms with Crippen LogP contribution >= 0.6 is 11.8 Å². The van der Waals surface area contributed by atoms with E-state index in [1.807, 2.05) is 31.8 Å². The molecule has 0 radical (unpaired) electrons. The van der Waals surface area contributed by atoms with Crippen LogP contribution in [0.1, 0.15) is 43.9 Å². The standard InChI is InChI=1S/C11H19N3S/c1-7(2)15-6-11-13-5-10(8(3)12)9(4)14-11/h5,7-8H,6,12H2,1-4H3/t8-/m0/s1. The molecule has 0 aliphatic heterocycles. The maximum atomic E-state index is 5.80. The van der Waals surface area contributed by atoms with Crippen molar-refractivity contribution in [3.8, 4) is 0 Å². The molecule has 1 aromatic heterocycles. The molecule has 84 valence electrons. The highest BCUT2D eigenvalue weighted by molar-refractivity contribution is 7.99. The van der Waals surface area contributed by atoms with E-state index in [1.165, 1.54) is 0 Å². The summed E-state index contributed by atoms with van der Waals surface area (Å²) in [4.78, 5) is 8.78. The van der Waals surface area contributed by atoms with E-state index >= 15 is 0 Å². The summed E-state index contributed by atoms with van der Waals surface area (Å²) in [6.07, 6.45) is 1.85. The van der Waals surface area contributed by atoms with Gasteiger partial charge in [0.15, 0.2) is 0 Å². The molecular weight excluding hydrogens is 206 g/mol. The Labute approximate surface area is 95.9 Å². The largest absolute Gasteiger partial charge is 0.324 e. The van der Waals surface area contributed by atoms with Gasteiger partial charge in [0.1, 0.15) is 5.82 Å². The van der Waals surface area contributed by atoms with Crippen LogP contribution in [0.5, 0.6) is 0 Å². The van der Waals surface area contributed by atoms with Crippen molar-refractivity contribution in [1.29, 1.82) is 0 Å². The van der Waals surface area contributed by atoms with Crippen molar-refractivity contribution >= 4 is 11.8 Å². The highest BCUT2D eigenvalue weighted by atomic mass is 32.2. The van der Waals surface area contributed by atoms with Crippen LogP contribution in [0.25, 0.3) is 0 Å². The number of thioether (sulfide) groups is 1. The first-order valence-electron chi connectivity index (χ1n) is 5.20. The van der Waals surface area contributed by atoms with Crippen LogP contribution in [0.15, 0.2) is 6.20 Å². The van der Waals surface area contributed by atoms with E-state index in [4.69, 9.17) is 5.73 Å². The van der Waals surface area contributed by atoms with Gasteiger partial charge in [-0.1, -0.05) is 13.8 Å². The van der Waals surface area contributed by atoms with Crippen LogP contribution in [0.3, 0.4) is 0 Å². The lowest BCUT2D eigenvalue weighted by molar-refractivity contribution is 0.781. The van der Waals surface area contributed by atoms with E-state index in [2.05, 4.69) is 23.8 Å². The fourth-order valence-electron chi connectivity index (χ4n) is 1.28. The average molecular weight is 225 g/mol. The third-order valence-corrected chi connectivity index (χ3v) is 3.20. The van der Waals surface area contributed by atoms with Gasteiger partial charge in [-0.25, -0.2) is 9.97 Å². The third-order valence-electron chi connectivity index (χ3n) is 2.10. The number of nitrogens with two attached hydrogens (primary N) is 1. The monoisotopic (exact) mass is 225 g/mol. The quantitative estimate of drug-likeness (QED) is 0.855. The maximum absolute atomic E-state index is 5.80. The molecule has 1 aromatic rings. The topological polar surface area (TPSA) is 51.8 Å². The Morgan fingerprint density at radius 3 is 2.53 bits per heavy atom. The van der Waals surface area contributed by atoms with Crippen LogP contribution in [0.2, 0.25) is 0 Å². The number of nitrogens with zero attached hydrogens (tertiary/aromatic N) is 2. The van der Waals surface area contributed by atoms with E-state index in [9.17, 15) is 0 Å². The van der Waals surface area contributed by atoms with Crippen LogP contribution in [0, 0.1) is 6.92 Å². The van der Waals surface area contributed by atoms with Crippen molar-refractivity contribution < 1.29 is 0 Å². The van der Waals surface area contributed by atoms with Gasteiger partial charge in [0.25, 0.3) is 0 Å². The van der Waals surface area contributed by atoms with Crippen LogP contribution in [-0.4, -0.2) is 15.2 Å². The predicted octanol–water partition coefficient (Wildman–Crippen LogP) is 2.45. The van der Waals surface area contributed by atoms with Crippen LogP contribution < -0.4 is 5.73 Å². The van der Waals surface area contributed by atoms with E-state index in [0.717, 1.165) is 22.8 Å². The summed E-state index contributed by atoms with van der Waals surface area (Å²) in [6, 6.07) is 0.0109. The lowest BCUT2D eigenvalue weighted by Gasteiger charge is -2.10. The van der Waals surface area contributed by atoms with Crippen LogP contribution in [-0.2, 0) is 5.75 Å². The van der Waals surface area contributed by atoms with Crippen molar-refractivity contribution in [2.75, 3.05) is 0 Å². The third kappa shape index (κ3) is 3.80. The first kappa shape index (κ1) is 12.5. The molecule has 4 heteroatoms. The van der Waals surface area contributed by atoms with E-state index in [1.54, 1.807) is 0 Å². The molecule has 0 fully saturated rings. The molecule has 1 heterocycles. The second-order valence-corrected chi connectivity index (χ2v) is 5.54. The molecule has 0 saturated heterocycles. The summed E-state index contributed by atoms with van der Waals surface area (Å²) in [5.41, 5.74) is 7.84. The predicted molar refractivity (Wildman–Crippen MR) is 65.8 cm³/mol. The zero-order chi connectivity index (χ0) is 11.4. The Kier molecular flexibility index (Phi) is 4.54. The molecule has 0 unspecified atom stereocenters. The van der Waals surface area contributed by atoms with Gasteiger partial charge in [-0.2, -0.15) is 11.8 Å². The fraction of sp³-hybridized carbons (Fsp3) is 0.636. The minimum Gasteiger partial charge on any atom is -0.324 e. The molecule has 0 spiro atoms. The lowest BCUT2D eigenvalue weighted by Crippen LogP contribution is -2.10. The molecule has 0 bridgehead atoms. The number of rotatable bonds is 4. The van der Waals surface area contributed by atoms with Gasteiger partial charge < -0.3 is 5.73 Å². The molecule has 0 aliphatic carbocycles. The summed E-state index contributed by atoms with van der Waals surface area (Å²) in [5.74, 6) is 1.77. The van der Waals surface area contributed by atoms with E-state index < -0.39 is 0 Å². The zero-order valence-electron chi connectivity index (χ0n) is 9.82. The Balaban J connectivity index is 2.73. The lowest BCUT2D eigenvalue weighted by atomic mass is 10.1. The smallest absolute Gasteiger partial charge is 0.138 e. The molecule has 0 amide bonds. The highest BCUT2D eigenvalue weighted by Gasteiger charge is 2.07. The van der Waals surface area contributed by atoms with Gasteiger partial charge in [-0.15, -0.1) is 0 Å². The number of aryl methyl sites for hydroxylation is 1. The maximum Gasteiger partial charge on any atom is 0.138 e. The molecule has 3 nitrogen and oxygen atoms in total. The second kappa shape index (κ2) is 5.47. The highest BCUT2D eigenvalue weighted by Crippen LogP contribution is 2.17. The second-order valence-electron chi connectivity index (χ2n) is 3.98. The summed E-state index contributed by atoms with van der Waals surface area (Å²) >= 11 is 1.85. The summed E-state index contributed by atoms with van der Waals surface area (Å²) in [5, 5.41) is 0.613. The summed E-state index contributed by atoms with van der Waals surface area (Å²) < 4.78 is 0. The van der Waals surface area contributed by atoms with Crippen molar-refractivity contribution in [3.05, 3.63) is 23.3 Å². The first-order valence-corrected chi connectivity index (χ1v) is 6.25. The molecule has 1 atom stereocenters. The van der Waals surface area contributed by atoms with Gasteiger partial charge in [0.05, 0.1) is 5.75 Å².